The molecule has 0 atom stereocenters. The molecule has 1 aliphatic carbocycles. The summed E-state index contributed by atoms with van der Waals surface area (Å²) in [5.74, 6) is 1.41. The van der Waals surface area contributed by atoms with E-state index in [2.05, 4.69) is 19.2 Å². The summed E-state index contributed by atoms with van der Waals surface area (Å²) < 4.78 is 5.96. The Morgan fingerprint density at radius 2 is 1.75 bits per heavy atom. The maximum Gasteiger partial charge on any atom is 0.235 e. The number of hydrogen-bond acceptors (Lipinski definition) is 2. The number of carbonyl (C=O) groups excluding carboxylic acids is 1. The molecule has 3 rings (SSSR count). The maximum atomic E-state index is 13.4. The van der Waals surface area contributed by atoms with Gasteiger partial charge in [0.1, 0.15) is 5.75 Å². The molecule has 0 aromatic heterocycles. The molecule has 2 aromatic carbocycles. The van der Waals surface area contributed by atoms with E-state index in [4.69, 9.17) is 16.3 Å². The lowest BCUT2D eigenvalue weighted by Crippen LogP contribution is -2.38. The van der Waals surface area contributed by atoms with E-state index in [1.165, 1.54) is 0 Å². The van der Waals surface area contributed by atoms with Crippen molar-refractivity contribution in [2.75, 3.05) is 11.9 Å². The summed E-state index contributed by atoms with van der Waals surface area (Å²) in [6.07, 6.45) is 3.74. The zero-order valence-corrected chi connectivity index (χ0v) is 18.0. The number of carbonyl (C=O) groups is 1. The smallest absolute Gasteiger partial charge is 0.235 e. The lowest BCUT2D eigenvalue weighted by molar-refractivity contribution is -0.121. The van der Waals surface area contributed by atoms with Crippen LogP contribution in [-0.2, 0) is 10.2 Å². The van der Waals surface area contributed by atoms with Crippen LogP contribution in [0.4, 0.5) is 5.69 Å². The molecule has 0 aliphatic heterocycles. The highest BCUT2D eigenvalue weighted by Gasteiger charge is 2.43. The summed E-state index contributed by atoms with van der Waals surface area (Å²) in [5, 5.41) is 3.84. The minimum absolute atomic E-state index is 0.0350. The fourth-order valence-electron chi connectivity index (χ4n) is 4.20. The quantitative estimate of drug-likeness (QED) is 0.606. The first kappa shape index (κ1) is 20.7. The van der Waals surface area contributed by atoms with Gasteiger partial charge in [0.25, 0.3) is 0 Å². The predicted octanol–water partition coefficient (Wildman–Crippen LogP) is 6.44. The van der Waals surface area contributed by atoms with Crippen molar-refractivity contribution in [2.24, 2.45) is 5.92 Å². The Kier molecular flexibility index (Phi) is 6.34. The molecule has 0 heterocycles. The van der Waals surface area contributed by atoms with Gasteiger partial charge >= 0.3 is 0 Å². The molecule has 0 spiro atoms. The van der Waals surface area contributed by atoms with Crippen LogP contribution in [0.15, 0.2) is 36.4 Å². The molecular formula is C24H30ClNO2. The fraction of sp³-hybridized carbons (Fsp3) is 0.458. The lowest BCUT2D eigenvalue weighted by Gasteiger charge is -2.29. The van der Waals surface area contributed by atoms with Gasteiger partial charge in [-0.3, -0.25) is 4.79 Å². The SMILES string of the molecule is Cc1cc(NC(=O)C2(c3ccccc3Cl)CCCC2)cc(C)c1OCC(C)C. The third-order valence-electron chi connectivity index (χ3n) is 5.56. The Labute approximate surface area is 173 Å². The van der Waals surface area contributed by atoms with E-state index in [9.17, 15) is 4.79 Å². The van der Waals surface area contributed by atoms with Crippen molar-refractivity contribution in [3.05, 3.63) is 58.1 Å². The standard InChI is InChI=1S/C24H30ClNO2/c1-16(2)15-28-22-17(3)13-19(14-18(22)4)26-23(27)24(11-7-8-12-24)20-9-5-6-10-21(20)25/h5-6,9-10,13-14,16H,7-8,11-12,15H2,1-4H3,(H,26,27). The summed E-state index contributed by atoms with van der Waals surface area (Å²) in [4.78, 5) is 13.4. The van der Waals surface area contributed by atoms with Gasteiger partial charge in [0, 0.05) is 10.7 Å². The van der Waals surface area contributed by atoms with Crippen molar-refractivity contribution in [3.63, 3.8) is 0 Å². The van der Waals surface area contributed by atoms with Gasteiger partial charge in [-0.05, 0) is 67.5 Å². The minimum atomic E-state index is -0.549. The Morgan fingerprint density at radius 1 is 1.14 bits per heavy atom. The van der Waals surface area contributed by atoms with Crippen LogP contribution >= 0.6 is 11.6 Å². The van der Waals surface area contributed by atoms with Crippen molar-refractivity contribution >= 4 is 23.2 Å². The second kappa shape index (κ2) is 8.57. The summed E-state index contributed by atoms with van der Waals surface area (Å²) in [6.45, 7) is 9.00. The van der Waals surface area contributed by atoms with Crippen LogP contribution in [0, 0.1) is 19.8 Å². The molecule has 1 saturated carbocycles. The molecule has 1 aliphatic rings. The van der Waals surface area contributed by atoms with E-state index in [1.807, 2.05) is 50.2 Å². The van der Waals surface area contributed by atoms with E-state index in [1.54, 1.807) is 0 Å². The number of nitrogens with one attached hydrogen (secondary N) is 1. The Balaban J connectivity index is 1.86. The third-order valence-corrected chi connectivity index (χ3v) is 5.89. The molecule has 0 bridgehead atoms. The third kappa shape index (κ3) is 4.20. The van der Waals surface area contributed by atoms with Crippen molar-refractivity contribution in [1.29, 1.82) is 0 Å². The van der Waals surface area contributed by atoms with Crippen LogP contribution < -0.4 is 10.1 Å². The van der Waals surface area contributed by atoms with E-state index in [-0.39, 0.29) is 5.91 Å². The van der Waals surface area contributed by atoms with Crippen molar-refractivity contribution in [1.82, 2.24) is 0 Å². The molecule has 28 heavy (non-hydrogen) atoms. The summed E-state index contributed by atoms with van der Waals surface area (Å²) in [5.41, 5.74) is 3.28. The van der Waals surface area contributed by atoms with E-state index in [0.29, 0.717) is 17.5 Å². The van der Waals surface area contributed by atoms with E-state index >= 15 is 0 Å². The highest BCUT2D eigenvalue weighted by atomic mass is 35.5. The molecule has 4 heteroatoms. The number of ether oxygens (including phenoxy) is 1. The molecule has 1 N–H and O–H groups in total. The first-order chi connectivity index (χ1) is 13.3. The lowest BCUT2D eigenvalue weighted by atomic mass is 9.78. The van der Waals surface area contributed by atoms with Crippen LogP contribution in [0.5, 0.6) is 5.75 Å². The first-order valence-corrected chi connectivity index (χ1v) is 10.5. The molecule has 1 fully saturated rings. The normalized spacial score (nSPS) is 15.6. The van der Waals surface area contributed by atoms with Crippen LogP contribution in [0.3, 0.4) is 0 Å². The van der Waals surface area contributed by atoms with E-state index in [0.717, 1.165) is 53.8 Å². The number of rotatable bonds is 6. The predicted molar refractivity (Wildman–Crippen MR) is 116 cm³/mol. The number of halogens is 1. The molecule has 2 aromatic rings. The average molecular weight is 400 g/mol. The van der Waals surface area contributed by atoms with Crippen LogP contribution in [0.1, 0.15) is 56.2 Å². The highest BCUT2D eigenvalue weighted by molar-refractivity contribution is 6.31. The molecule has 0 saturated heterocycles. The zero-order valence-electron chi connectivity index (χ0n) is 17.3. The maximum absolute atomic E-state index is 13.4. The minimum Gasteiger partial charge on any atom is -0.493 e. The van der Waals surface area contributed by atoms with Gasteiger partial charge in [0.05, 0.1) is 12.0 Å². The highest BCUT2D eigenvalue weighted by Crippen LogP contribution is 2.44. The second-order valence-electron chi connectivity index (χ2n) is 8.37. The van der Waals surface area contributed by atoms with Gasteiger partial charge < -0.3 is 10.1 Å². The monoisotopic (exact) mass is 399 g/mol. The largest absolute Gasteiger partial charge is 0.493 e. The van der Waals surface area contributed by atoms with E-state index < -0.39 is 5.41 Å². The van der Waals surface area contributed by atoms with Crippen molar-refractivity contribution in [3.8, 4) is 5.75 Å². The number of anilines is 1. The van der Waals surface area contributed by atoms with Gasteiger partial charge in [0.2, 0.25) is 5.91 Å². The molecule has 0 radical (unpaired) electrons. The van der Waals surface area contributed by atoms with Gasteiger partial charge in [-0.15, -0.1) is 0 Å². The second-order valence-corrected chi connectivity index (χ2v) is 8.77. The number of aryl methyl sites for hydroxylation is 2. The zero-order chi connectivity index (χ0) is 20.3. The summed E-state index contributed by atoms with van der Waals surface area (Å²) >= 11 is 6.48. The molecule has 150 valence electrons. The van der Waals surface area contributed by atoms with Crippen LogP contribution in [-0.4, -0.2) is 12.5 Å². The topological polar surface area (TPSA) is 38.3 Å². The summed E-state index contributed by atoms with van der Waals surface area (Å²) in [6, 6.07) is 11.7. The van der Waals surface area contributed by atoms with Crippen molar-refractivity contribution < 1.29 is 9.53 Å². The molecular weight excluding hydrogens is 370 g/mol. The molecule has 0 unspecified atom stereocenters. The van der Waals surface area contributed by atoms with Crippen LogP contribution in [0.2, 0.25) is 5.02 Å². The fourth-order valence-corrected chi connectivity index (χ4v) is 4.51. The summed E-state index contributed by atoms with van der Waals surface area (Å²) in [7, 11) is 0. The van der Waals surface area contributed by atoms with Gasteiger partial charge in [-0.1, -0.05) is 56.5 Å². The Morgan fingerprint density at radius 3 is 2.32 bits per heavy atom. The van der Waals surface area contributed by atoms with Gasteiger partial charge in [-0.25, -0.2) is 0 Å². The molecule has 3 nitrogen and oxygen atoms in total. The number of hydrogen-bond donors (Lipinski definition) is 1. The molecule has 1 amide bonds. The Bertz CT molecular complexity index is 830. The van der Waals surface area contributed by atoms with Gasteiger partial charge in [0.15, 0.2) is 0 Å². The number of benzene rings is 2. The van der Waals surface area contributed by atoms with Crippen molar-refractivity contribution in [2.45, 2.75) is 58.8 Å². The average Bonchev–Trinajstić information content (AvgIpc) is 3.12. The Hall–Kier alpha value is -2.00. The van der Waals surface area contributed by atoms with Gasteiger partial charge in [-0.2, -0.15) is 0 Å². The first-order valence-electron chi connectivity index (χ1n) is 10.1. The van der Waals surface area contributed by atoms with Crippen LogP contribution in [0.25, 0.3) is 0 Å². The number of amides is 1.